The first kappa shape index (κ1) is 16.1. The fraction of sp³-hybridized carbons (Fsp3) is 0.895. The Kier molecular flexibility index (Phi) is 7.72. The van der Waals surface area contributed by atoms with Crippen molar-refractivity contribution < 1.29 is 0 Å². The molecule has 0 aromatic rings. The molecule has 0 aromatic carbocycles. The van der Waals surface area contributed by atoms with Gasteiger partial charge in [-0.05, 0) is 32.1 Å². The van der Waals surface area contributed by atoms with E-state index in [-0.39, 0.29) is 0 Å². The number of unbranched alkanes of at least 4 members (excludes halogenated alkanes) is 9. The Bertz CT molecular complexity index is 281. The molecule has 0 radical (unpaired) electrons. The van der Waals surface area contributed by atoms with Crippen LogP contribution in [0.3, 0.4) is 0 Å². The molecule has 2 rings (SSSR count). The summed E-state index contributed by atoms with van der Waals surface area (Å²) in [4.78, 5) is 0. The molecule has 2 atom stereocenters. The molecular formula is C19H35N. The zero-order chi connectivity index (χ0) is 14.0. The van der Waals surface area contributed by atoms with Crippen LogP contribution in [0.5, 0.6) is 0 Å². The first-order valence-corrected chi connectivity index (χ1v) is 9.34. The molecule has 1 heteroatoms. The third-order valence-corrected chi connectivity index (χ3v) is 5.07. The van der Waals surface area contributed by atoms with Gasteiger partial charge in [0.05, 0.1) is 0 Å². The first-order chi connectivity index (χ1) is 9.88. The zero-order valence-electron chi connectivity index (χ0n) is 13.6. The summed E-state index contributed by atoms with van der Waals surface area (Å²) in [6.45, 7) is 2.29. The molecule has 1 N–H and O–H groups in total. The molecule has 1 fully saturated rings. The summed E-state index contributed by atoms with van der Waals surface area (Å²) in [7, 11) is 0. The molecule has 1 nitrogen and oxygen atoms in total. The summed E-state index contributed by atoms with van der Waals surface area (Å²) >= 11 is 0. The van der Waals surface area contributed by atoms with Gasteiger partial charge in [0.2, 0.25) is 0 Å². The molecular weight excluding hydrogens is 242 g/mol. The molecule has 0 spiro atoms. The van der Waals surface area contributed by atoms with Crippen molar-refractivity contribution >= 4 is 0 Å². The largest absolute Gasteiger partial charge is 0.307 e. The number of rotatable bonds is 11. The predicted molar refractivity (Wildman–Crippen MR) is 89.1 cm³/mol. The van der Waals surface area contributed by atoms with E-state index in [1.165, 1.54) is 89.9 Å². The minimum atomic E-state index is 0.729. The second-order valence-electron chi connectivity index (χ2n) is 7.01. The third kappa shape index (κ3) is 5.99. The maximum absolute atomic E-state index is 3.68. The zero-order valence-corrected chi connectivity index (χ0v) is 13.6. The number of nitrogens with one attached hydrogen (secondary N) is 1. The average molecular weight is 277 g/mol. The molecule has 2 bridgehead atoms. The Balaban J connectivity index is 1.39. The van der Waals surface area contributed by atoms with E-state index in [1.807, 2.05) is 0 Å². The van der Waals surface area contributed by atoms with E-state index in [1.54, 1.807) is 5.57 Å². The summed E-state index contributed by atoms with van der Waals surface area (Å²) in [5.74, 6) is 0. The summed E-state index contributed by atoms with van der Waals surface area (Å²) < 4.78 is 0. The molecule has 20 heavy (non-hydrogen) atoms. The van der Waals surface area contributed by atoms with Crippen molar-refractivity contribution in [3.05, 3.63) is 11.6 Å². The van der Waals surface area contributed by atoms with E-state index in [9.17, 15) is 0 Å². The lowest BCUT2D eigenvalue weighted by molar-refractivity contribution is 0.522. The van der Waals surface area contributed by atoms with Gasteiger partial charge in [-0.3, -0.25) is 0 Å². The molecule has 2 aliphatic rings. The second-order valence-corrected chi connectivity index (χ2v) is 7.01. The molecule has 2 heterocycles. The van der Waals surface area contributed by atoms with Crippen molar-refractivity contribution in [2.45, 2.75) is 109 Å². The van der Waals surface area contributed by atoms with Gasteiger partial charge in [-0.25, -0.2) is 0 Å². The lowest BCUT2D eigenvalue weighted by atomic mass is 9.97. The van der Waals surface area contributed by atoms with Crippen LogP contribution in [0, 0.1) is 0 Å². The van der Waals surface area contributed by atoms with E-state index in [2.05, 4.69) is 18.3 Å². The van der Waals surface area contributed by atoms with Crippen molar-refractivity contribution in [3.63, 3.8) is 0 Å². The Hall–Kier alpha value is -0.300. The van der Waals surface area contributed by atoms with E-state index in [0.717, 1.165) is 12.1 Å². The van der Waals surface area contributed by atoms with Crippen molar-refractivity contribution in [2.75, 3.05) is 0 Å². The monoisotopic (exact) mass is 277 g/mol. The molecule has 0 amide bonds. The Morgan fingerprint density at radius 1 is 0.900 bits per heavy atom. The Morgan fingerprint density at radius 3 is 2.20 bits per heavy atom. The van der Waals surface area contributed by atoms with Crippen LogP contribution >= 0.6 is 0 Å². The van der Waals surface area contributed by atoms with E-state index in [4.69, 9.17) is 0 Å². The molecule has 1 saturated heterocycles. The van der Waals surface area contributed by atoms with Gasteiger partial charge in [-0.15, -0.1) is 0 Å². The van der Waals surface area contributed by atoms with Crippen LogP contribution in [0.25, 0.3) is 0 Å². The molecule has 2 unspecified atom stereocenters. The molecule has 0 aromatic heterocycles. The van der Waals surface area contributed by atoms with Crippen LogP contribution in [0.1, 0.15) is 96.8 Å². The summed E-state index contributed by atoms with van der Waals surface area (Å²) in [5.41, 5.74) is 1.76. The van der Waals surface area contributed by atoms with Crippen molar-refractivity contribution in [1.82, 2.24) is 5.32 Å². The van der Waals surface area contributed by atoms with Crippen LogP contribution in [0.2, 0.25) is 0 Å². The lowest BCUT2D eigenvalue weighted by Crippen LogP contribution is -2.32. The number of hydrogen-bond acceptors (Lipinski definition) is 1. The Labute approximate surface area is 126 Å². The van der Waals surface area contributed by atoms with Crippen LogP contribution in [-0.2, 0) is 0 Å². The van der Waals surface area contributed by atoms with Gasteiger partial charge in [0.15, 0.2) is 0 Å². The fourth-order valence-electron chi connectivity index (χ4n) is 3.84. The lowest BCUT2D eigenvalue weighted by Gasteiger charge is -2.21. The molecule has 2 aliphatic heterocycles. The average Bonchev–Trinajstić information content (AvgIpc) is 2.80. The molecule has 116 valence electrons. The third-order valence-electron chi connectivity index (χ3n) is 5.07. The highest BCUT2D eigenvalue weighted by Crippen LogP contribution is 2.28. The van der Waals surface area contributed by atoms with E-state index in [0.29, 0.717) is 0 Å². The SMILES string of the molecule is CCCCCCCCCCCCC1=CC2CCC(C1)N2. The van der Waals surface area contributed by atoms with Gasteiger partial charge in [0.1, 0.15) is 0 Å². The molecule has 0 saturated carbocycles. The number of hydrogen-bond donors (Lipinski definition) is 1. The number of fused-ring (bicyclic) bond motifs is 2. The first-order valence-electron chi connectivity index (χ1n) is 9.34. The highest BCUT2D eigenvalue weighted by molar-refractivity contribution is 5.16. The minimum absolute atomic E-state index is 0.729. The Morgan fingerprint density at radius 2 is 1.55 bits per heavy atom. The van der Waals surface area contributed by atoms with Gasteiger partial charge >= 0.3 is 0 Å². The van der Waals surface area contributed by atoms with Crippen LogP contribution in [0.4, 0.5) is 0 Å². The minimum Gasteiger partial charge on any atom is -0.307 e. The van der Waals surface area contributed by atoms with E-state index >= 15 is 0 Å². The van der Waals surface area contributed by atoms with Gasteiger partial charge in [0, 0.05) is 12.1 Å². The van der Waals surface area contributed by atoms with Crippen molar-refractivity contribution in [1.29, 1.82) is 0 Å². The quantitative estimate of drug-likeness (QED) is 0.374. The molecule has 0 aliphatic carbocycles. The maximum atomic E-state index is 3.68. The summed E-state index contributed by atoms with van der Waals surface area (Å²) in [6, 6.07) is 1.55. The van der Waals surface area contributed by atoms with Crippen LogP contribution in [-0.4, -0.2) is 12.1 Å². The maximum Gasteiger partial charge on any atom is 0.0255 e. The normalized spacial score (nSPS) is 24.9. The second kappa shape index (κ2) is 9.60. The van der Waals surface area contributed by atoms with Crippen LogP contribution in [0.15, 0.2) is 11.6 Å². The van der Waals surface area contributed by atoms with Gasteiger partial charge < -0.3 is 5.32 Å². The highest BCUT2D eigenvalue weighted by Gasteiger charge is 2.27. The van der Waals surface area contributed by atoms with Crippen LogP contribution < -0.4 is 5.32 Å². The van der Waals surface area contributed by atoms with Crippen molar-refractivity contribution in [3.8, 4) is 0 Å². The highest BCUT2D eigenvalue weighted by atomic mass is 15.0. The smallest absolute Gasteiger partial charge is 0.0255 e. The van der Waals surface area contributed by atoms with E-state index < -0.39 is 0 Å². The summed E-state index contributed by atoms with van der Waals surface area (Å²) in [5, 5.41) is 3.68. The predicted octanol–water partition coefficient (Wildman–Crippen LogP) is 5.75. The summed E-state index contributed by atoms with van der Waals surface area (Å²) in [6.07, 6.45) is 22.5. The standard InChI is InChI=1S/C19H35N/c1-2-3-4-5-6-7-8-9-10-11-12-17-15-18-13-14-19(16-17)20-18/h15,18-20H,2-14,16H2,1H3. The van der Waals surface area contributed by atoms with Gasteiger partial charge in [-0.2, -0.15) is 0 Å². The van der Waals surface area contributed by atoms with Gasteiger partial charge in [0.25, 0.3) is 0 Å². The van der Waals surface area contributed by atoms with Crippen molar-refractivity contribution in [2.24, 2.45) is 0 Å². The van der Waals surface area contributed by atoms with Gasteiger partial charge in [-0.1, -0.05) is 76.4 Å². The topological polar surface area (TPSA) is 12.0 Å². The fourth-order valence-corrected chi connectivity index (χ4v) is 3.84.